The van der Waals surface area contributed by atoms with Crippen LogP contribution in [-0.4, -0.2) is 29.5 Å². The second kappa shape index (κ2) is 8.15. The summed E-state index contributed by atoms with van der Waals surface area (Å²) in [6.07, 6.45) is 6.45. The predicted octanol–water partition coefficient (Wildman–Crippen LogP) is 3.52. The van der Waals surface area contributed by atoms with Crippen molar-refractivity contribution in [1.29, 1.82) is 0 Å². The van der Waals surface area contributed by atoms with Gasteiger partial charge in [0.2, 0.25) is 0 Å². The Morgan fingerprint density at radius 2 is 2.15 bits per heavy atom. The van der Waals surface area contributed by atoms with E-state index in [9.17, 15) is 0 Å². The molecule has 1 unspecified atom stereocenters. The third kappa shape index (κ3) is 3.83. The van der Waals surface area contributed by atoms with Crippen LogP contribution in [0.3, 0.4) is 0 Å². The van der Waals surface area contributed by atoms with E-state index in [1.807, 2.05) is 6.20 Å². The first kappa shape index (κ1) is 16.0. The molecule has 1 aromatic rings. The van der Waals surface area contributed by atoms with Crippen molar-refractivity contribution in [2.45, 2.75) is 52.1 Å². The van der Waals surface area contributed by atoms with Crippen molar-refractivity contribution in [2.75, 3.05) is 19.8 Å². The normalized spacial score (nSPS) is 18.4. The Morgan fingerprint density at radius 3 is 2.80 bits per heavy atom. The first-order valence-corrected chi connectivity index (χ1v) is 8.59. The average Bonchev–Trinajstić information content (AvgIpc) is 2.83. The van der Waals surface area contributed by atoms with Gasteiger partial charge in [0.15, 0.2) is 0 Å². The molecular weight excluding hydrogens is 318 g/mol. The van der Waals surface area contributed by atoms with Crippen LogP contribution in [0.15, 0.2) is 10.7 Å². The summed E-state index contributed by atoms with van der Waals surface area (Å²) in [5.41, 5.74) is 1.31. The monoisotopic (exact) mass is 343 g/mol. The zero-order chi connectivity index (χ0) is 14.4. The lowest BCUT2D eigenvalue weighted by Crippen LogP contribution is -2.34. The fraction of sp³-hybridized carbons (Fsp3) is 0.800. The summed E-state index contributed by atoms with van der Waals surface area (Å²) in [4.78, 5) is 0. The minimum absolute atomic E-state index is 0.377. The van der Waals surface area contributed by atoms with Crippen LogP contribution in [0.25, 0.3) is 0 Å². The van der Waals surface area contributed by atoms with Crippen LogP contribution in [0, 0.1) is 5.92 Å². The maximum absolute atomic E-state index is 5.52. The smallest absolute Gasteiger partial charge is 0.0698 e. The first-order valence-electron chi connectivity index (χ1n) is 7.80. The molecule has 2 heterocycles. The molecule has 0 bridgehead atoms. The average molecular weight is 344 g/mol. The summed E-state index contributed by atoms with van der Waals surface area (Å²) in [7, 11) is 0. The van der Waals surface area contributed by atoms with E-state index in [0.29, 0.717) is 12.0 Å². The minimum atomic E-state index is 0.377. The summed E-state index contributed by atoms with van der Waals surface area (Å²) < 4.78 is 8.81. The Kier molecular flexibility index (Phi) is 6.52. The van der Waals surface area contributed by atoms with Crippen molar-refractivity contribution in [1.82, 2.24) is 15.1 Å². The summed E-state index contributed by atoms with van der Waals surface area (Å²) in [6.45, 7) is 8.21. The largest absolute Gasteiger partial charge is 0.381 e. The summed E-state index contributed by atoms with van der Waals surface area (Å²) >= 11 is 3.69. The lowest BCUT2D eigenvalue weighted by atomic mass is 9.89. The summed E-state index contributed by atoms with van der Waals surface area (Å²) in [6, 6.07) is 0.377. The van der Waals surface area contributed by atoms with Crippen molar-refractivity contribution in [3.8, 4) is 0 Å². The molecule has 1 atom stereocenters. The number of hydrogen-bond donors (Lipinski definition) is 1. The molecule has 1 aliphatic rings. The third-order valence-electron chi connectivity index (χ3n) is 3.91. The van der Waals surface area contributed by atoms with Gasteiger partial charge in [-0.1, -0.05) is 13.8 Å². The van der Waals surface area contributed by atoms with Crippen molar-refractivity contribution in [3.05, 3.63) is 16.4 Å². The molecule has 1 saturated heterocycles. The number of halogens is 1. The molecule has 0 aliphatic carbocycles. The lowest BCUT2D eigenvalue weighted by molar-refractivity contribution is 0.0523. The molecule has 1 aliphatic heterocycles. The van der Waals surface area contributed by atoms with Gasteiger partial charge in [0.1, 0.15) is 0 Å². The van der Waals surface area contributed by atoms with E-state index in [1.54, 1.807) is 0 Å². The highest BCUT2D eigenvalue weighted by atomic mass is 79.9. The number of rotatable bonds is 7. The van der Waals surface area contributed by atoms with E-state index < -0.39 is 0 Å². The van der Waals surface area contributed by atoms with Crippen LogP contribution < -0.4 is 5.32 Å². The van der Waals surface area contributed by atoms with Crippen molar-refractivity contribution < 1.29 is 4.74 Å². The molecule has 1 aromatic heterocycles. The fourth-order valence-corrected chi connectivity index (χ4v) is 3.45. The molecule has 0 saturated carbocycles. The van der Waals surface area contributed by atoms with Crippen LogP contribution in [0.2, 0.25) is 0 Å². The number of ether oxygens (including phenoxy) is 1. The standard InChI is InChI=1S/C15H26BrN3O/c1-3-7-17-14(12-5-9-20-10-6-12)15-13(16)11-18-19(15)8-4-2/h11-12,14,17H,3-10H2,1-2H3. The molecule has 114 valence electrons. The van der Waals surface area contributed by atoms with E-state index in [1.165, 1.54) is 5.69 Å². The van der Waals surface area contributed by atoms with E-state index in [4.69, 9.17) is 4.74 Å². The quantitative estimate of drug-likeness (QED) is 0.823. The molecule has 4 nitrogen and oxygen atoms in total. The molecule has 1 N–H and O–H groups in total. The van der Waals surface area contributed by atoms with Crippen molar-refractivity contribution >= 4 is 15.9 Å². The highest BCUT2D eigenvalue weighted by Gasteiger charge is 2.29. The zero-order valence-electron chi connectivity index (χ0n) is 12.6. The van der Waals surface area contributed by atoms with Gasteiger partial charge >= 0.3 is 0 Å². The number of nitrogens with one attached hydrogen (secondary N) is 1. The zero-order valence-corrected chi connectivity index (χ0v) is 14.2. The molecule has 2 rings (SSSR count). The Bertz CT molecular complexity index is 402. The second-order valence-electron chi connectivity index (χ2n) is 5.48. The SMILES string of the molecule is CCCNC(c1c(Br)cnn1CCC)C1CCOCC1. The maximum atomic E-state index is 5.52. The molecule has 0 radical (unpaired) electrons. The van der Waals surface area contributed by atoms with Crippen LogP contribution in [-0.2, 0) is 11.3 Å². The van der Waals surface area contributed by atoms with E-state index >= 15 is 0 Å². The summed E-state index contributed by atoms with van der Waals surface area (Å²) in [5, 5.41) is 8.26. The number of aryl methyl sites for hydroxylation is 1. The number of hydrogen-bond acceptors (Lipinski definition) is 3. The lowest BCUT2D eigenvalue weighted by Gasteiger charge is -2.32. The highest BCUT2D eigenvalue weighted by molar-refractivity contribution is 9.10. The van der Waals surface area contributed by atoms with Gasteiger partial charge in [-0.3, -0.25) is 4.68 Å². The van der Waals surface area contributed by atoms with Gasteiger partial charge in [-0.15, -0.1) is 0 Å². The topological polar surface area (TPSA) is 39.1 Å². The number of aromatic nitrogens is 2. The first-order chi connectivity index (χ1) is 9.77. The molecule has 20 heavy (non-hydrogen) atoms. The Hall–Kier alpha value is -0.390. The predicted molar refractivity (Wildman–Crippen MR) is 84.8 cm³/mol. The van der Waals surface area contributed by atoms with Crippen LogP contribution in [0.5, 0.6) is 0 Å². The van der Waals surface area contributed by atoms with Crippen LogP contribution in [0.4, 0.5) is 0 Å². The number of nitrogens with zero attached hydrogens (tertiary/aromatic N) is 2. The summed E-state index contributed by atoms with van der Waals surface area (Å²) in [5.74, 6) is 0.638. The van der Waals surface area contributed by atoms with Crippen molar-refractivity contribution in [3.63, 3.8) is 0 Å². The van der Waals surface area contributed by atoms with E-state index in [-0.39, 0.29) is 0 Å². The van der Waals surface area contributed by atoms with Gasteiger partial charge in [-0.2, -0.15) is 5.10 Å². The Morgan fingerprint density at radius 1 is 1.40 bits per heavy atom. The van der Waals surface area contributed by atoms with Gasteiger partial charge in [-0.25, -0.2) is 0 Å². The Balaban J connectivity index is 2.22. The van der Waals surface area contributed by atoms with Gasteiger partial charge in [-0.05, 0) is 54.1 Å². The van der Waals surface area contributed by atoms with Gasteiger partial charge in [0.25, 0.3) is 0 Å². The Labute approximate surface area is 130 Å². The molecule has 5 heteroatoms. The molecule has 0 aromatic carbocycles. The molecule has 0 spiro atoms. The fourth-order valence-electron chi connectivity index (χ4n) is 2.91. The van der Waals surface area contributed by atoms with Crippen LogP contribution >= 0.6 is 15.9 Å². The van der Waals surface area contributed by atoms with E-state index in [0.717, 1.165) is 56.5 Å². The van der Waals surface area contributed by atoms with Gasteiger partial charge in [0.05, 0.1) is 22.4 Å². The van der Waals surface area contributed by atoms with Crippen LogP contribution in [0.1, 0.15) is 51.3 Å². The van der Waals surface area contributed by atoms with E-state index in [2.05, 4.69) is 44.9 Å². The van der Waals surface area contributed by atoms with Gasteiger partial charge < -0.3 is 10.1 Å². The van der Waals surface area contributed by atoms with Gasteiger partial charge in [0, 0.05) is 19.8 Å². The minimum Gasteiger partial charge on any atom is -0.381 e. The molecule has 1 fully saturated rings. The third-order valence-corrected chi connectivity index (χ3v) is 4.53. The van der Waals surface area contributed by atoms with Crippen molar-refractivity contribution in [2.24, 2.45) is 5.92 Å². The molecular formula is C15H26BrN3O. The highest BCUT2D eigenvalue weighted by Crippen LogP contribution is 2.34. The second-order valence-corrected chi connectivity index (χ2v) is 6.34. The maximum Gasteiger partial charge on any atom is 0.0698 e. The molecule has 0 amide bonds.